The Morgan fingerprint density at radius 2 is 1.86 bits per heavy atom. The zero-order valence-electron chi connectivity index (χ0n) is 15.6. The fourth-order valence-corrected chi connectivity index (χ4v) is 6.36. The summed E-state index contributed by atoms with van der Waals surface area (Å²) in [6.45, 7) is 1.11. The van der Waals surface area contributed by atoms with Crippen LogP contribution in [0.4, 0.5) is 5.69 Å². The van der Waals surface area contributed by atoms with Gasteiger partial charge in [0.15, 0.2) is 0 Å². The monoisotopic (exact) mass is 432 g/mol. The predicted molar refractivity (Wildman–Crippen MR) is 112 cm³/mol. The van der Waals surface area contributed by atoms with Crippen LogP contribution in [0.25, 0.3) is 11.0 Å². The summed E-state index contributed by atoms with van der Waals surface area (Å²) in [6.07, 6.45) is 2.91. The molecule has 0 unspecified atom stereocenters. The largest absolute Gasteiger partial charge is 0.423 e. The van der Waals surface area contributed by atoms with Crippen molar-refractivity contribution in [3.8, 4) is 0 Å². The van der Waals surface area contributed by atoms with Crippen molar-refractivity contribution in [1.82, 2.24) is 4.31 Å². The van der Waals surface area contributed by atoms with Crippen molar-refractivity contribution in [3.05, 3.63) is 57.8 Å². The second-order valence-corrected chi connectivity index (χ2v) is 10.3. The summed E-state index contributed by atoms with van der Waals surface area (Å²) in [7, 11) is -3.48. The average molecular weight is 433 g/mol. The maximum Gasteiger partial charge on any atom is 0.336 e. The van der Waals surface area contributed by atoms with Gasteiger partial charge in [0, 0.05) is 35.1 Å². The second kappa shape index (κ2) is 8.10. The molecule has 2 aromatic heterocycles. The normalized spacial score (nSPS) is 15.4. The van der Waals surface area contributed by atoms with E-state index in [9.17, 15) is 18.0 Å². The number of hydrogen-bond donors (Lipinski definition) is 1. The van der Waals surface area contributed by atoms with E-state index in [1.165, 1.54) is 10.4 Å². The molecule has 1 fully saturated rings. The van der Waals surface area contributed by atoms with Crippen molar-refractivity contribution >= 4 is 43.9 Å². The Bertz CT molecular complexity index is 1210. The molecule has 0 aliphatic carbocycles. The van der Waals surface area contributed by atoms with Gasteiger partial charge >= 0.3 is 5.63 Å². The number of rotatable bonds is 5. The van der Waals surface area contributed by atoms with Gasteiger partial charge in [-0.3, -0.25) is 4.79 Å². The summed E-state index contributed by atoms with van der Waals surface area (Å²) in [5.74, 6) is -0.245. The summed E-state index contributed by atoms with van der Waals surface area (Å²) in [4.78, 5) is 24.3. The molecule has 0 spiro atoms. The Morgan fingerprint density at radius 1 is 1.07 bits per heavy atom. The highest BCUT2D eigenvalue weighted by atomic mass is 32.2. The van der Waals surface area contributed by atoms with Gasteiger partial charge in [0.25, 0.3) is 10.0 Å². The summed E-state index contributed by atoms with van der Waals surface area (Å²) < 4.78 is 32.3. The van der Waals surface area contributed by atoms with E-state index in [2.05, 4.69) is 5.32 Å². The summed E-state index contributed by atoms with van der Waals surface area (Å²) in [5, 5.41) is 3.50. The zero-order chi connectivity index (χ0) is 20.4. The van der Waals surface area contributed by atoms with Crippen LogP contribution >= 0.6 is 11.3 Å². The predicted octanol–water partition coefficient (Wildman–Crippen LogP) is 3.21. The molecule has 3 heterocycles. The Labute approximate surface area is 172 Å². The molecular formula is C20H20N2O5S2. The molecule has 29 heavy (non-hydrogen) atoms. The van der Waals surface area contributed by atoms with Gasteiger partial charge in [0.2, 0.25) is 5.91 Å². The number of nitrogens with one attached hydrogen (secondary N) is 1. The van der Waals surface area contributed by atoms with Gasteiger partial charge in [0.05, 0.1) is 6.42 Å². The standard InChI is InChI=1S/C20H20N2O5S2/c23-18(21-15-5-7-17-14(12-15)4-8-19(24)27-17)13-16-6-9-20(28-16)29(25,26)22-10-2-1-3-11-22/h4-9,12H,1-3,10-11,13H2,(H,21,23). The highest BCUT2D eigenvalue weighted by Gasteiger charge is 2.27. The minimum absolute atomic E-state index is 0.0854. The molecule has 0 saturated carbocycles. The van der Waals surface area contributed by atoms with Crippen molar-refractivity contribution in [1.29, 1.82) is 0 Å². The molecule has 0 radical (unpaired) electrons. The number of fused-ring (bicyclic) bond motifs is 1. The molecule has 1 saturated heterocycles. The maximum absolute atomic E-state index is 12.7. The highest BCUT2D eigenvalue weighted by Crippen LogP contribution is 2.27. The molecule has 1 aromatic carbocycles. The van der Waals surface area contributed by atoms with E-state index in [1.54, 1.807) is 36.4 Å². The summed E-state index contributed by atoms with van der Waals surface area (Å²) >= 11 is 1.14. The van der Waals surface area contributed by atoms with Crippen molar-refractivity contribution in [2.75, 3.05) is 18.4 Å². The average Bonchev–Trinajstić information content (AvgIpc) is 3.18. The smallest absolute Gasteiger partial charge is 0.336 e. The second-order valence-electron chi connectivity index (χ2n) is 6.92. The fraction of sp³-hybridized carbons (Fsp3) is 0.300. The van der Waals surface area contributed by atoms with Crippen LogP contribution in [0.2, 0.25) is 0 Å². The quantitative estimate of drug-likeness (QED) is 0.625. The Morgan fingerprint density at radius 3 is 2.66 bits per heavy atom. The molecule has 7 nitrogen and oxygen atoms in total. The third-order valence-corrected chi connectivity index (χ3v) is 8.24. The lowest BCUT2D eigenvalue weighted by molar-refractivity contribution is -0.115. The number of carbonyl (C=O) groups is 1. The molecule has 4 rings (SSSR count). The van der Waals surface area contributed by atoms with Crippen LogP contribution in [-0.4, -0.2) is 31.7 Å². The van der Waals surface area contributed by atoms with Gasteiger partial charge in [-0.25, -0.2) is 13.2 Å². The SMILES string of the molecule is O=C(Cc1ccc(S(=O)(=O)N2CCCCC2)s1)Nc1ccc2oc(=O)ccc2c1. The molecular weight excluding hydrogens is 412 g/mol. The molecule has 1 aliphatic rings. The number of anilines is 1. The van der Waals surface area contributed by atoms with Gasteiger partial charge in [-0.2, -0.15) is 4.31 Å². The zero-order valence-corrected chi connectivity index (χ0v) is 17.2. The minimum atomic E-state index is -3.48. The van der Waals surface area contributed by atoms with Crippen molar-refractivity contribution in [2.24, 2.45) is 0 Å². The number of nitrogens with zero attached hydrogens (tertiary/aromatic N) is 1. The number of amides is 1. The van der Waals surface area contributed by atoms with Gasteiger partial charge in [-0.1, -0.05) is 6.42 Å². The molecule has 1 N–H and O–H groups in total. The lowest BCUT2D eigenvalue weighted by atomic mass is 10.2. The number of benzene rings is 1. The van der Waals surface area contributed by atoms with E-state index in [1.807, 2.05) is 0 Å². The lowest BCUT2D eigenvalue weighted by Crippen LogP contribution is -2.35. The van der Waals surface area contributed by atoms with E-state index in [0.29, 0.717) is 34.6 Å². The van der Waals surface area contributed by atoms with E-state index < -0.39 is 15.6 Å². The van der Waals surface area contributed by atoms with E-state index in [-0.39, 0.29) is 16.5 Å². The molecule has 3 aromatic rings. The van der Waals surface area contributed by atoms with Crippen LogP contribution in [0.15, 0.2) is 55.9 Å². The number of carbonyl (C=O) groups excluding carboxylic acids is 1. The first-order chi connectivity index (χ1) is 13.9. The highest BCUT2D eigenvalue weighted by molar-refractivity contribution is 7.91. The van der Waals surface area contributed by atoms with Crippen molar-refractivity contribution < 1.29 is 17.6 Å². The Balaban J connectivity index is 1.44. The van der Waals surface area contributed by atoms with Crippen LogP contribution in [0, 0.1) is 0 Å². The van der Waals surface area contributed by atoms with Crippen molar-refractivity contribution in [2.45, 2.75) is 29.9 Å². The Hall–Kier alpha value is -2.49. The molecule has 1 amide bonds. The van der Waals surface area contributed by atoms with Gasteiger partial charge in [0.1, 0.15) is 9.79 Å². The third kappa shape index (κ3) is 4.42. The molecule has 1 aliphatic heterocycles. The van der Waals surface area contributed by atoms with Gasteiger partial charge < -0.3 is 9.73 Å². The Kier molecular flexibility index (Phi) is 5.53. The number of piperidine rings is 1. The van der Waals surface area contributed by atoms with Gasteiger partial charge in [-0.15, -0.1) is 11.3 Å². The number of hydrogen-bond acceptors (Lipinski definition) is 6. The van der Waals surface area contributed by atoms with E-state index in [4.69, 9.17) is 4.42 Å². The van der Waals surface area contributed by atoms with E-state index >= 15 is 0 Å². The van der Waals surface area contributed by atoms with Crippen LogP contribution in [0.3, 0.4) is 0 Å². The van der Waals surface area contributed by atoms with Crippen LogP contribution in [-0.2, 0) is 21.2 Å². The molecule has 9 heteroatoms. The molecule has 0 atom stereocenters. The summed E-state index contributed by atoms with van der Waals surface area (Å²) in [6, 6.07) is 11.2. The minimum Gasteiger partial charge on any atom is -0.423 e. The fourth-order valence-electron chi connectivity index (χ4n) is 3.34. The first-order valence-electron chi connectivity index (χ1n) is 9.34. The number of thiophene rings is 1. The van der Waals surface area contributed by atoms with Crippen LogP contribution in [0.5, 0.6) is 0 Å². The first-order valence-corrected chi connectivity index (χ1v) is 11.6. The van der Waals surface area contributed by atoms with Crippen LogP contribution < -0.4 is 10.9 Å². The topological polar surface area (TPSA) is 96.7 Å². The molecule has 152 valence electrons. The number of sulfonamides is 1. The van der Waals surface area contributed by atoms with Gasteiger partial charge in [-0.05, 0) is 49.2 Å². The maximum atomic E-state index is 12.7. The summed E-state index contributed by atoms with van der Waals surface area (Å²) in [5.41, 5.74) is 0.595. The lowest BCUT2D eigenvalue weighted by Gasteiger charge is -2.25. The van der Waals surface area contributed by atoms with Crippen molar-refractivity contribution in [3.63, 3.8) is 0 Å². The third-order valence-electron chi connectivity index (χ3n) is 4.78. The molecule has 0 bridgehead atoms. The van der Waals surface area contributed by atoms with E-state index in [0.717, 1.165) is 30.6 Å². The first kappa shape index (κ1) is 19.8. The van der Waals surface area contributed by atoms with Crippen LogP contribution in [0.1, 0.15) is 24.1 Å².